The van der Waals surface area contributed by atoms with Gasteiger partial charge in [0.1, 0.15) is 0 Å². The fourth-order valence-electron chi connectivity index (χ4n) is 3.72. The Morgan fingerprint density at radius 2 is 1.96 bits per heavy atom. The number of rotatable bonds is 4. The van der Waals surface area contributed by atoms with Crippen LogP contribution >= 0.6 is 0 Å². The molecule has 27 heavy (non-hydrogen) atoms. The number of carbonyl (C=O) groups excluding carboxylic acids is 1. The van der Waals surface area contributed by atoms with E-state index in [-0.39, 0.29) is 0 Å². The molecule has 6 nitrogen and oxygen atoms in total. The average molecular weight is 361 g/mol. The van der Waals surface area contributed by atoms with Crippen LogP contribution in [0.25, 0.3) is 5.69 Å². The zero-order valence-corrected chi connectivity index (χ0v) is 14.6. The monoisotopic (exact) mass is 361 g/mol. The predicted molar refractivity (Wildman–Crippen MR) is 99.7 cm³/mol. The first-order valence-corrected chi connectivity index (χ1v) is 8.84. The Morgan fingerprint density at radius 3 is 2.74 bits per heavy atom. The molecule has 0 aliphatic heterocycles. The topological polar surface area (TPSA) is 84.2 Å². The molecule has 1 aromatic heterocycles. The van der Waals surface area contributed by atoms with Gasteiger partial charge in [-0.15, -0.1) is 0 Å². The molecule has 0 radical (unpaired) electrons. The lowest BCUT2D eigenvalue weighted by Crippen LogP contribution is -2.53. The molecule has 1 atom stereocenters. The number of hydrogen-bond acceptors (Lipinski definition) is 3. The number of fused-ring (bicyclic) bond motifs is 1. The molecule has 2 aromatic carbocycles. The molecule has 0 fully saturated rings. The average Bonchev–Trinajstić information content (AvgIpc) is 3.23. The zero-order valence-electron chi connectivity index (χ0n) is 14.6. The fraction of sp³-hybridized carbons (Fsp3) is 0.190. The van der Waals surface area contributed by atoms with Crippen molar-refractivity contribution in [3.63, 3.8) is 0 Å². The van der Waals surface area contributed by atoms with Crippen molar-refractivity contribution in [2.24, 2.45) is 0 Å². The van der Waals surface area contributed by atoms with Crippen LogP contribution in [0.15, 0.2) is 67.0 Å². The van der Waals surface area contributed by atoms with Gasteiger partial charge >= 0.3 is 5.97 Å². The Morgan fingerprint density at radius 1 is 1.11 bits per heavy atom. The normalized spacial score (nSPS) is 18.5. The number of carboxylic acids is 1. The highest BCUT2D eigenvalue weighted by Gasteiger charge is 2.45. The van der Waals surface area contributed by atoms with Crippen LogP contribution in [0.5, 0.6) is 0 Å². The molecule has 3 aromatic rings. The third-order valence-corrected chi connectivity index (χ3v) is 5.04. The summed E-state index contributed by atoms with van der Waals surface area (Å²) in [7, 11) is 0. The third-order valence-electron chi connectivity index (χ3n) is 5.04. The molecule has 0 spiro atoms. The van der Waals surface area contributed by atoms with E-state index >= 15 is 0 Å². The first-order valence-electron chi connectivity index (χ1n) is 8.84. The molecule has 136 valence electrons. The van der Waals surface area contributed by atoms with Crippen LogP contribution in [0, 0.1) is 0 Å². The minimum Gasteiger partial charge on any atom is -0.479 e. The highest BCUT2D eigenvalue weighted by Crippen LogP contribution is 2.36. The minimum atomic E-state index is -1.41. The summed E-state index contributed by atoms with van der Waals surface area (Å²) < 4.78 is 1.65. The molecular weight excluding hydrogens is 342 g/mol. The lowest BCUT2D eigenvalue weighted by atomic mass is 9.76. The minimum absolute atomic E-state index is 0.365. The van der Waals surface area contributed by atoms with Crippen molar-refractivity contribution in [2.45, 2.75) is 24.8 Å². The molecule has 1 aliphatic carbocycles. The number of benzene rings is 2. The van der Waals surface area contributed by atoms with Gasteiger partial charge in [0.2, 0.25) is 0 Å². The van der Waals surface area contributed by atoms with E-state index in [2.05, 4.69) is 10.4 Å². The van der Waals surface area contributed by atoms with Gasteiger partial charge in [0, 0.05) is 18.0 Å². The summed E-state index contributed by atoms with van der Waals surface area (Å²) in [5.41, 5.74) is 1.36. The van der Waals surface area contributed by atoms with E-state index in [1.807, 2.05) is 24.3 Å². The second-order valence-electron chi connectivity index (χ2n) is 6.68. The number of hydrogen-bond donors (Lipinski definition) is 2. The highest BCUT2D eigenvalue weighted by molar-refractivity contribution is 5.98. The molecule has 1 amide bonds. The molecule has 4 rings (SSSR count). The molecule has 0 unspecified atom stereocenters. The first-order chi connectivity index (χ1) is 13.1. The van der Waals surface area contributed by atoms with Crippen LogP contribution in [0.4, 0.5) is 0 Å². The summed E-state index contributed by atoms with van der Waals surface area (Å²) in [4.78, 5) is 25.2. The van der Waals surface area contributed by atoms with Crippen LogP contribution in [0.3, 0.4) is 0 Å². The van der Waals surface area contributed by atoms with Gasteiger partial charge in [-0.3, -0.25) is 4.79 Å². The van der Waals surface area contributed by atoms with E-state index in [4.69, 9.17) is 0 Å². The maximum absolute atomic E-state index is 13.0. The second kappa shape index (κ2) is 6.72. The van der Waals surface area contributed by atoms with E-state index in [0.717, 1.165) is 17.7 Å². The van der Waals surface area contributed by atoms with Crippen LogP contribution in [0.1, 0.15) is 34.3 Å². The first kappa shape index (κ1) is 17.0. The Hall–Kier alpha value is -3.41. The van der Waals surface area contributed by atoms with Crippen LogP contribution < -0.4 is 5.32 Å². The maximum atomic E-state index is 13.0. The smallest absolute Gasteiger partial charge is 0.334 e. The molecule has 2 N–H and O–H groups in total. The molecule has 6 heteroatoms. The van der Waals surface area contributed by atoms with Crippen LogP contribution in [-0.2, 0) is 16.8 Å². The van der Waals surface area contributed by atoms with Crippen molar-refractivity contribution in [3.05, 3.63) is 83.7 Å². The van der Waals surface area contributed by atoms with Crippen molar-refractivity contribution in [3.8, 4) is 5.69 Å². The Balaban J connectivity index is 1.69. The van der Waals surface area contributed by atoms with E-state index in [1.165, 1.54) is 0 Å². The van der Waals surface area contributed by atoms with Crippen LogP contribution in [-0.4, -0.2) is 26.8 Å². The summed E-state index contributed by atoms with van der Waals surface area (Å²) in [6.45, 7) is 0. The van der Waals surface area contributed by atoms with Crippen molar-refractivity contribution in [1.29, 1.82) is 0 Å². The molecular formula is C21H19N3O3. The van der Waals surface area contributed by atoms with Crippen molar-refractivity contribution >= 4 is 11.9 Å². The summed E-state index contributed by atoms with van der Waals surface area (Å²) in [6.07, 6.45) is 5.33. The second-order valence-corrected chi connectivity index (χ2v) is 6.68. The number of aryl methyl sites for hydroxylation is 1. The maximum Gasteiger partial charge on any atom is 0.334 e. The van der Waals surface area contributed by atoms with Gasteiger partial charge in [0.05, 0.1) is 5.69 Å². The standard InChI is InChI=1S/C21H19N3O3/c25-19(16-7-3-9-17(14-16)24-13-5-12-22-24)23-21(20(26)27)11-4-8-15-6-1-2-10-18(15)21/h1-3,5-7,9-10,12-14H,4,8,11H2,(H,23,25)(H,26,27)/t21-/m0/s1. The molecule has 0 saturated carbocycles. The van der Waals surface area contributed by atoms with Gasteiger partial charge in [-0.1, -0.05) is 30.3 Å². The Bertz CT molecular complexity index is 997. The summed E-state index contributed by atoms with van der Waals surface area (Å²) in [5.74, 6) is -1.45. The number of nitrogens with zero attached hydrogens (tertiary/aromatic N) is 2. The molecule has 0 bridgehead atoms. The third kappa shape index (κ3) is 2.99. The van der Waals surface area contributed by atoms with Gasteiger partial charge in [-0.05, 0) is 54.7 Å². The van der Waals surface area contributed by atoms with E-state index in [9.17, 15) is 14.7 Å². The van der Waals surface area contributed by atoms with Gasteiger partial charge in [0.15, 0.2) is 5.54 Å². The zero-order chi connectivity index (χ0) is 18.9. The number of carboxylic acid groups (broad SMARTS) is 1. The highest BCUT2D eigenvalue weighted by atomic mass is 16.4. The summed E-state index contributed by atoms with van der Waals surface area (Å²) in [6, 6.07) is 16.2. The van der Waals surface area contributed by atoms with Crippen molar-refractivity contribution in [2.75, 3.05) is 0 Å². The van der Waals surface area contributed by atoms with Crippen molar-refractivity contribution in [1.82, 2.24) is 15.1 Å². The number of carbonyl (C=O) groups is 2. The summed E-state index contributed by atoms with van der Waals surface area (Å²) in [5, 5.41) is 17.0. The number of aromatic nitrogens is 2. The summed E-state index contributed by atoms with van der Waals surface area (Å²) >= 11 is 0. The van der Waals surface area contributed by atoms with Gasteiger partial charge < -0.3 is 10.4 Å². The predicted octanol–water partition coefficient (Wildman–Crippen LogP) is 2.92. The Labute approximate surface area is 156 Å². The van der Waals surface area contributed by atoms with Gasteiger partial charge in [-0.2, -0.15) is 5.10 Å². The lowest BCUT2D eigenvalue weighted by molar-refractivity contribution is -0.145. The molecule has 1 aliphatic rings. The largest absolute Gasteiger partial charge is 0.479 e. The lowest BCUT2D eigenvalue weighted by Gasteiger charge is -2.36. The molecule has 0 saturated heterocycles. The number of amides is 1. The molecule has 1 heterocycles. The number of nitrogens with one attached hydrogen (secondary N) is 1. The Kier molecular flexibility index (Phi) is 4.24. The van der Waals surface area contributed by atoms with Crippen LogP contribution in [0.2, 0.25) is 0 Å². The van der Waals surface area contributed by atoms with E-state index < -0.39 is 17.4 Å². The van der Waals surface area contributed by atoms with Crippen molar-refractivity contribution < 1.29 is 14.7 Å². The van der Waals surface area contributed by atoms with Gasteiger partial charge in [0.25, 0.3) is 5.91 Å². The van der Waals surface area contributed by atoms with E-state index in [1.54, 1.807) is 47.4 Å². The number of aliphatic carboxylic acids is 1. The fourth-order valence-corrected chi connectivity index (χ4v) is 3.72. The van der Waals surface area contributed by atoms with Gasteiger partial charge in [-0.25, -0.2) is 9.48 Å². The quantitative estimate of drug-likeness (QED) is 0.748. The van der Waals surface area contributed by atoms with E-state index in [0.29, 0.717) is 24.0 Å². The SMILES string of the molecule is O=C(N[C@@]1(C(=O)O)CCCc2ccccc21)c1cccc(-n2cccn2)c1.